The molecule has 5 heteroatoms. The van der Waals surface area contributed by atoms with Gasteiger partial charge in [0.1, 0.15) is 5.75 Å². The van der Waals surface area contributed by atoms with Crippen LogP contribution in [-0.2, 0) is 9.53 Å². The molecule has 0 heterocycles. The second-order valence-electron chi connectivity index (χ2n) is 4.78. The maximum absolute atomic E-state index is 12.2. The largest absolute Gasteiger partial charge is 0.494 e. The summed E-state index contributed by atoms with van der Waals surface area (Å²) in [5.74, 6) is 0.311. The van der Waals surface area contributed by atoms with Crippen molar-refractivity contribution in [3.63, 3.8) is 0 Å². The molecular weight excluding hydrogens is 270 g/mol. The number of ether oxygens (including phenoxy) is 2. The van der Waals surface area contributed by atoms with Gasteiger partial charge in [0, 0.05) is 19.2 Å². The molecule has 0 atom stereocenters. The Hall–Kier alpha value is -2.04. The Morgan fingerprint density at radius 1 is 1.19 bits per heavy atom. The van der Waals surface area contributed by atoms with E-state index in [4.69, 9.17) is 4.74 Å². The van der Waals surface area contributed by atoms with Crippen LogP contribution >= 0.6 is 0 Å². The predicted molar refractivity (Wildman–Crippen MR) is 80.4 cm³/mol. The highest BCUT2D eigenvalue weighted by atomic mass is 16.5. The fraction of sp³-hybridized carbons (Fsp3) is 0.500. The van der Waals surface area contributed by atoms with Gasteiger partial charge in [0.25, 0.3) is 5.91 Å². The Morgan fingerprint density at radius 3 is 2.43 bits per heavy atom. The zero-order chi connectivity index (χ0) is 15.7. The van der Waals surface area contributed by atoms with Crippen LogP contribution in [0.1, 0.15) is 36.5 Å². The van der Waals surface area contributed by atoms with E-state index in [9.17, 15) is 9.59 Å². The molecule has 0 saturated heterocycles. The van der Waals surface area contributed by atoms with Gasteiger partial charge >= 0.3 is 5.97 Å². The molecule has 0 aliphatic carbocycles. The van der Waals surface area contributed by atoms with Crippen LogP contribution in [0.4, 0.5) is 0 Å². The molecule has 0 aromatic heterocycles. The molecule has 0 fully saturated rings. The first-order valence-corrected chi connectivity index (χ1v) is 7.13. The lowest BCUT2D eigenvalue weighted by Crippen LogP contribution is -2.29. The second-order valence-corrected chi connectivity index (χ2v) is 4.78. The Morgan fingerprint density at radius 2 is 1.86 bits per heavy atom. The number of hydrogen-bond donors (Lipinski definition) is 0. The van der Waals surface area contributed by atoms with Crippen molar-refractivity contribution in [2.24, 2.45) is 0 Å². The van der Waals surface area contributed by atoms with E-state index in [-0.39, 0.29) is 18.3 Å². The summed E-state index contributed by atoms with van der Waals surface area (Å²) in [5.41, 5.74) is 0.574. The lowest BCUT2D eigenvalue weighted by atomic mass is 10.2. The van der Waals surface area contributed by atoms with Gasteiger partial charge in [-0.1, -0.05) is 13.3 Å². The average molecular weight is 293 g/mol. The normalized spacial score (nSPS) is 10.0. The molecule has 0 bridgehead atoms. The average Bonchev–Trinajstić information content (AvgIpc) is 2.52. The lowest BCUT2D eigenvalue weighted by molar-refractivity contribution is -0.140. The van der Waals surface area contributed by atoms with Gasteiger partial charge in [0.15, 0.2) is 0 Å². The summed E-state index contributed by atoms with van der Waals surface area (Å²) in [6, 6.07) is 7.05. The van der Waals surface area contributed by atoms with Crippen LogP contribution in [0.5, 0.6) is 5.75 Å². The molecule has 0 saturated carbocycles. The molecule has 1 amide bonds. The Balaban J connectivity index is 2.51. The number of hydrogen-bond acceptors (Lipinski definition) is 4. The van der Waals surface area contributed by atoms with Crippen molar-refractivity contribution in [2.45, 2.75) is 26.2 Å². The van der Waals surface area contributed by atoms with Crippen molar-refractivity contribution >= 4 is 11.9 Å². The first-order chi connectivity index (χ1) is 10.1. The maximum atomic E-state index is 12.2. The van der Waals surface area contributed by atoms with Crippen LogP contribution < -0.4 is 4.74 Å². The summed E-state index contributed by atoms with van der Waals surface area (Å²) in [4.78, 5) is 24.7. The van der Waals surface area contributed by atoms with Crippen molar-refractivity contribution in [3.8, 4) is 5.75 Å². The van der Waals surface area contributed by atoms with E-state index >= 15 is 0 Å². The van der Waals surface area contributed by atoms with E-state index in [0.717, 1.165) is 18.6 Å². The standard InChI is InChI=1S/C16H23NO4/c1-4-5-12-21-14-8-6-13(7-9-14)16(19)17(2)11-10-15(18)20-3/h6-9H,4-5,10-12H2,1-3H3. The number of unbranched alkanes of at least 4 members (excludes halogenated alkanes) is 1. The number of rotatable bonds is 8. The molecular formula is C16H23NO4. The number of carbonyl (C=O) groups is 2. The summed E-state index contributed by atoms with van der Waals surface area (Å²) in [6.45, 7) is 3.12. The van der Waals surface area contributed by atoms with Gasteiger partial charge in [-0.2, -0.15) is 0 Å². The molecule has 1 aromatic carbocycles. The molecule has 0 unspecified atom stereocenters. The molecule has 0 aliphatic rings. The first kappa shape index (κ1) is 17.0. The molecule has 116 valence electrons. The summed E-state index contributed by atoms with van der Waals surface area (Å²) < 4.78 is 10.1. The molecule has 0 N–H and O–H groups in total. The number of nitrogens with zero attached hydrogens (tertiary/aromatic N) is 1. The number of carbonyl (C=O) groups excluding carboxylic acids is 2. The quantitative estimate of drug-likeness (QED) is 0.546. The number of benzene rings is 1. The van der Waals surface area contributed by atoms with E-state index < -0.39 is 0 Å². The summed E-state index contributed by atoms with van der Waals surface area (Å²) in [7, 11) is 3.00. The number of methoxy groups -OCH3 is 1. The van der Waals surface area contributed by atoms with Gasteiger partial charge < -0.3 is 14.4 Å². The Labute approximate surface area is 125 Å². The molecule has 0 aliphatic heterocycles. The van der Waals surface area contributed by atoms with Gasteiger partial charge in [-0.25, -0.2) is 0 Å². The van der Waals surface area contributed by atoms with Gasteiger partial charge in [0.05, 0.1) is 20.1 Å². The predicted octanol–water partition coefficient (Wildman–Crippen LogP) is 2.50. The van der Waals surface area contributed by atoms with Crippen LogP contribution in [-0.4, -0.2) is 44.1 Å². The zero-order valence-electron chi connectivity index (χ0n) is 12.9. The first-order valence-electron chi connectivity index (χ1n) is 7.13. The third kappa shape index (κ3) is 5.85. The number of amides is 1. The molecule has 1 rings (SSSR count). The van der Waals surface area contributed by atoms with E-state index in [1.54, 1.807) is 31.3 Å². The molecule has 0 spiro atoms. The van der Waals surface area contributed by atoms with Gasteiger partial charge in [-0.15, -0.1) is 0 Å². The summed E-state index contributed by atoms with van der Waals surface area (Å²) in [6.07, 6.45) is 2.29. The third-order valence-corrected chi connectivity index (χ3v) is 3.09. The minimum Gasteiger partial charge on any atom is -0.494 e. The summed E-state index contributed by atoms with van der Waals surface area (Å²) >= 11 is 0. The van der Waals surface area contributed by atoms with Gasteiger partial charge in [0.2, 0.25) is 0 Å². The highest BCUT2D eigenvalue weighted by molar-refractivity contribution is 5.94. The van der Waals surface area contributed by atoms with Crippen LogP contribution in [0.15, 0.2) is 24.3 Å². The fourth-order valence-electron chi connectivity index (χ4n) is 1.71. The second kappa shape index (κ2) is 9.00. The van der Waals surface area contributed by atoms with E-state index in [1.165, 1.54) is 12.0 Å². The van der Waals surface area contributed by atoms with E-state index in [1.807, 2.05) is 0 Å². The summed E-state index contributed by atoms with van der Waals surface area (Å²) in [5, 5.41) is 0. The highest BCUT2D eigenvalue weighted by Gasteiger charge is 2.13. The van der Waals surface area contributed by atoms with Gasteiger partial charge in [-0.05, 0) is 30.7 Å². The highest BCUT2D eigenvalue weighted by Crippen LogP contribution is 2.14. The van der Waals surface area contributed by atoms with Crippen molar-refractivity contribution in [2.75, 3.05) is 27.3 Å². The Bertz CT molecular complexity index is 456. The molecule has 0 radical (unpaired) electrons. The van der Waals surface area contributed by atoms with Crippen LogP contribution in [0.25, 0.3) is 0 Å². The fourth-order valence-corrected chi connectivity index (χ4v) is 1.71. The maximum Gasteiger partial charge on any atom is 0.307 e. The van der Waals surface area contributed by atoms with Crippen molar-refractivity contribution < 1.29 is 19.1 Å². The van der Waals surface area contributed by atoms with E-state index in [2.05, 4.69) is 11.7 Å². The number of esters is 1. The third-order valence-electron chi connectivity index (χ3n) is 3.09. The monoisotopic (exact) mass is 293 g/mol. The minimum absolute atomic E-state index is 0.126. The molecule has 1 aromatic rings. The molecule has 21 heavy (non-hydrogen) atoms. The van der Waals surface area contributed by atoms with Crippen molar-refractivity contribution in [3.05, 3.63) is 29.8 Å². The van der Waals surface area contributed by atoms with Crippen LogP contribution in [0.2, 0.25) is 0 Å². The Kier molecular flexibility index (Phi) is 7.29. The van der Waals surface area contributed by atoms with Gasteiger partial charge in [-0.3, -0.25) is 9.59 Å². The van der Waals surface area contributed by atoms with Crippen molar-refractivity contribution in [1.82, 2.24) is 4.90 Å². The SMILES string of the molecule is CCCCOc1ccc(C(=O)N(C)CCC(=O)OC)cc1. The lowest BCUT2D eigenvalue weighted by Gasteiger charge is -2.16. The van der Waals surface area contributed by atoms with Crippen molar-refractivity contribution in [1.29, 1.82) is 0 Å². The smallest absolute Gasteiger partial charge is 0.307 e. The molecule has 5 nitrogen and oxygen atoms in total. The van der Waals surface area contributed by atoms with Crippen LogP contribution in [0.3, 0.4) is 0 Å². The topological polar surface area (TPSA) is 55.8 Å². The van der Waals surface area contributed by atoms with Crippen LogP contribution in [0, 0.1) is 0 Å². The van der Waals surface area contributed by atoms with E-state index in [0.29, 0.717) is 18.7 Å². The minimum atomic E-state index is -0.325. The zero-order valence-corrected chi connectivity index (χ0v) is 12.9.